The number of esters is 1. The number of benzene rings is 1. The molecule has 0 aliphatic heterocycles. The molecule has 0 radical (unpaired) electrons. The second kappa shape index (κ2) is 8.13. The van der Waals surface area contributed by atoms with Crippen molar-refractivity contribution in [3.63, 3.8) is 0 Å². The van der Waals surface area contributed by atoms with Crippen LogP contribution in [0.4, 0.5) is 0 Å². The van der Waals surface area contributed by atoms with E-state index in [1.54, 1.807) is 36.0 Å². The topological polar surface area (TPSA) is 67.9 Å². The summed E-state index contributed by atoms with van der Waals surface area (Å²) in [6, 6.07) is 15.7. The summed E-state index contributed by atoms with van der Waals surface area (Å²) in [5.74, 6) is 0.200. The number of aromatic nitrogens is 2. The van der Waals surface area contributed by atoms with Crippen molar-refractivity contribution in [2.75, 3.05) is 6.61 Å². The van der Waals surface area contributed by atoms with E-state index in [2.05, 4.69) is 23.2 Å². The van der Waals surface area contributed by atoms with Crippen molar-refractivity contribution in [2.24, 2.45) is 0 Å². The van der Waals surface area contributed by atoms with E-state index in [0.29, 0.717) is 23.6 Å². The highest BCUT2D eigenvalue weighted by molar-refractivity contribution is 5.89. The first-order valence-electron chi connectivity index (χ1n) is 8.49. The Bertz CT molecular complexity index is 939. The SMILES string of the molecule is CCOC(=O)c1ccnc(-n2cc(C#N)c(CCc3ccccc3)c2)c1. The summed E-state index contributed by atoms with van der Waals surface area (Å²) in [7, 11) is 0. The average molecular weight is 345 g/mol. The number of carbonyl (C=O) groups excluding carboxylic acids is 1. The molecule has 1 aromatic carbocycles. The summed E-state index contributed by atoms with van der Waals surface area (Å²) in [5, 5.41) is 9.43. The molecule has 0 saturated carbocycles. The molecule has 0 bridgehead atoms. The fraction of sp³-hybridized carbons (Fsp3) is 0.190. The Hall–Kier alpha value is -3.39. The van der Waals surface area contributed by atoms with Gasteiger partial charge in [-0.2, -0.15) is 5.26 Å². The highest BCUT2D eigenvalue weighted by Crippen LogP contribution is 2.17. The van der Waals surface area contributed by atoms with E-state index in [-0.39, 0.29) is 5.97 Å². The zero-order valence-electron chi connectivity index (χ0n) is 14.6. The maximum Gasteiger partial charge on any atom is 0.338 e. The molecule has 2 aromatic heterocycles. The monoisotopic (exact) mass is 345 g/mol. The molecule has 0 unspecified atom stereocenters. The van der Waals surface area contributed by atoms with Crippen LogP contribution in [-0.4, -0.2) is 22.1 Å². The largest absolute Gasteiger partial charge is 0.462 e. The lowest BCUT2D eigenvalue weighted by atomic mass is 10.0. The number of hydrogen-bond donors (Lipinski definition) is 0. The molecule has 0 spiro atoms. The van der Waals surface area contributed by atoms with Gasteiger partial charge in [0.15, 0.2) is 0 Å². The highest BCUT2D eigenvalue weighted by Gasteiger charge is 2.12. The Kier molecular flexibility index (Phi) is 5.45. The minimum Gasteiger partial charge on any atom is -0.462 e. The normalized spacial score (nSPS) is 10.3. The smallest absolute Gasteiger partial charge is 0.338 e. The maximum absolute atomic E-state index is 11.9. The summed E-state index contributed by atoms with van der Waals surface area (Å²) in [6.45, 7) is 2.09. The van der Waals surface area contributed by atoms with Crippen LogP contribution in [0, 0.1) is 11.3 Å². The van der Waals surface area contributed by atoms with Gasteiger partial charge in [-0.15, -0.1) is 0 Å². The molecule has 0 atom stereocenters. The highest BCUT2D eigenvalue weighted by atomic mass is 16.5. The molecular weight excluding hydrogens is 326 g/mol. The third-order valence-electron chi connectivity index (χ3n) is 4.08. The number of nitrogens with zero attached hydrogens (tertiary/aromatic N) is 3. The van der Waals surface area contributed by atoms with Gasteiger partial charge in [0.1, 0.15) is 11.9 Å². The lowest BCUT2D eigenvalue weighted by molar-refractivity contribution is 0.0526. The molecule has 3 aromatic rings. The first-order valence-corrected chi connectivity index (χ1v) is 8.49. The first-order chi connectivity index (χ1) is 12.7. The fourth-order valence-corrected chi connectivity index (χ4v) is 2.75. The van der Waals surface area contributed by atoms with Gasteiger partial charge in [-0.05, 0) is 43.0 Å². The molecule has 0 N–H and O–H groups in total. The molecule has 0 amide bonds. The van der Waals surface area contributed by atoms with Gasteiger partial charge in [-0.25, -0.2) is 9.78 Å². The Morgan fingerprint density at radius 3 is 2.73 bits per heavy atom. The number of pyridine rings is 1. The van der Waals surface area contributed by atoms with Crippen LogP contribution in [0.1, 0.15) is 34.0 Å². The fourth-order valence-electron chi connectivity index (χ4n) is 2.75. The van der Waals surface area contributed by atoms with E-state index in [1.165, 1.54) is 5.56 Å². The minimum absolute atomic E-state index is 0.322. The van der Waals surface area contributed by atoms with E-state index in [1.807, 2.05) is 24.4 Å². The van der Waals surface area contributed by atoms with Gasteiger partial charge in [0.05, 0.1) is 17.7 Å². The van der Waals surface area contributed by atoms with E-state index in [9.17, 15) is 10.1 Å². The number of nitriles is 1. The second-order valence-electron chi connectivity index (χ2n) is 5.82. The maximum atomic E-state index is 11.9. The van der Waals surface area contributed by atoms with Crippen molar-refractivity contribution in [1.82, 2.24) is 9.55 Å². The standard InChI is InChI=1S/C21H19N3O2/c1-2-26-21(25)17-10-11-23-20(12-17)24-14-18(19(13-22)15-24)9-8-16-6-4-3-5-7-16/h3-7,10-12,14-15H,2,8-9H2,1H3. The Balaban J connectivity index is 1.83. The minimum atomic E-state index is -0.381. The molecule has 3 rings (SSSR count). The molecule has 0 saturated heterocycles. The average Bonchev–Trinajstić information content (AvgIpc) is 3.11. The van der Waals surface area contributed by atoms with Crippen molar-refractivity contribution < 1.29 is 9.53 Å². The van der Waals surface area contributed by atoms with Crippen molar-refractivity contribution in [3.8, 4) is 11.9 Å². The van der Waals surface area contributed by atoms with Crippen LogP contribution in [0.3, 0.4) is 0 Å². The molecule has 5 nitrogen and oxygen atoms in total. The van der Waals surface area contributed by atoms with Gasteiger partial charge < -0.3 is 9.30 Å². The van der Waals surface area contributed by atoms with Crippen LogP contribution in [0.2, 0.25) is 0 Å². The molecule has 26 heavy (non-hydrogen) atoms. The zero-order valence-corrected chi connectivity index (χ0v) is 14.6. The number of carbonyl (C=O) groups is 1. The quantitative estimate of drug-likeness (QED) is 0.639. The molecular formula is C21H19N3O2. The molecule has 0 aliphatic carbocycles. The van der Waals surface area contributed by atoms with Crippen LogP contribution < -0.4 is 0 Å². The van der Waals surface area contributed by atoms with Crippen LogP contribution in [-0.2, 0) is 17.6 Å². The van der Waals surface area contributed by atoms with Gasteiger partial charge in [0, 0.05) is 18.6 Å². The van der Waals surface area contributed by atoms with Crippen LogP contribution in [0.25, 0.3) is 5.82 Å². The summed E-state index contributed by atoms with van der Waals surface area (Å²) < 4.78 is 6.81. The summed E-state index contributed by atoms with van der Waals surface area (Å²) in [6.07, 6.45) is 6.83. The van der Waals surface area contributed by atoms with Gasteiger partial charge in [0.25, 0.3) is 0 Å². The Morgan fingerprint density at radius 2 is 2.00 bits per heavy atom. The van der Waals surface area contributed by atoms with Crippen LogP contribution in [0.5, 0.6) is 0 Å². The number of aryl methyl sites for hydroxylation is 2. The Morgan fingerprint density at radius 1 is 1.19 bits per heavy atom. The molecule has 0 fully saturated rings. The lowest BCUT2D eigenvalue weighted by Gasteiger charge is -2.05. The number of rotatable bonds is 6. The van der Waals surface area contributed by atoms with Gasteiger partial charge in [-0.1, -0.05) is 30.3 Å². The second-order valence-corrected chi connectivity index (χ2v) is 5.82. The summed E-state index contributed by atoms with van der Waals surface area (Å²) in [5.41, 5.74) is 3.24. The summed E-state index contributed by atoms with van der Waals surface area (Å²) >= 11 is 0. The molecule has 5 heteroatoms. The third-order valence-corrected chi connectivity index (χ3v) is 4.08. The van der Waals surface area contributed by atoms with E-state index in [4.69, 9.17) is 4.74 Å². The van der Waals surface area contributed by atoms with Crippen molar-refractivity contribution in [1.29, 1.82) is 5.26 Å². The predicted octanol–water partition coefficient (Wildman–Crippen LogP) is 3.71. The van der Waals surface area contributed by atoms with Crippen molar-refractivity contribution in [3.05, 3.63) is 83.3 Å². The predicted molar refractivity (Wildman–Crippen MR) is 98.1 cm³/mol. The van der Waals surface area contributed by atoms with E-state index in [0.717, 1.165) is 18.4 Å². The lowest BCUT2D eigenvalue weighted by Crippen LogP contribution is -2.06. The number of hydrogen-bond acceptors (Lipinski definition) is 4. The van der Waals surface area contributed by atoms with Crippen LogP contribution >= 0.6 is 0 Å². The van der Waals surface area contributed by atoms with E-state index >= 15 is 0 Å². The molecule has 0 aliphatic rings. The van der Waals surface area contributed by atoms with Crippen LogP contribution in [0.15, 0.2) is 61.1 Å². The molecule has 2 heterocycles. The number of ether oxygens (including phenoxy) is 1. The third kappa shape index (κ3) is 3.98. The molecule has 130 valence electrons. The van der Waals surface area contributed by atoms with Gasteiger partial charge >= 0.3 is 5.97 Å². The van der Waals surface area contributed by atoms with Crippen molar-refractivity contribution >= 4 is 5.97 Å². The van der Waals surface area contributed by atoms with Crippen molar-refractivity contribution in [2.45, 2.75) is 19.8 Å². The van der Waals surface area contributed by atoms with Gasteiger partial charge in [-0.3, -0.25) is 0 Å². The summed E-state index contributed by atoms with van der Waals surface area (Å²) in [4.78, 5) is 16.2. The van der Waals surface area contributed by atoms with Gasteiger partial charge in [0.2, 0.25) is 0 Å². The Labute approximate surface area is 152 Å². The first kappa shape index (κ1) is 17.4. The zero-order chi connectivity index (χ0) is 18.4. The van der Waals surface area contributed by atoms with E-state index < -0.39 is 0 Å².